The monoisotopic (exact) mass is 670 g/mol. The molecule has 0 radical (unpaired) electrons. The van der Waals surface area contributed by atoms with Crippen LogP contribution in [-0.2, 0) is 14.9 Å². The number of benzene rings is 4. The van der Waals surface area contributed by atoms with E-state index in [4.69, 9.17) is 18.9 Å². The van der Waals surface area contributed by atoms with Crippen molar-refractivity contribution in [3.63, 3.8) is 0 Å². The average Bonchev–Trinajstić information content (AvgIpc) is 3.11. The minimum atomic E-state index is -0.982. The molecule has 0 aliphatic carbocycles. The van der Waals surface area contributed by atoms with E-state index in [0.717, 1.165) is 22.5 Å². The van der Waals surface area contributed by atoms with E-state index < -0.39 is 24.1 Å². The van der Waals surface area contributed by atoms with E-state index in [1.54, 1.807) is 24.3 Å². The zero-order valence-corrected chi connectivity index (χ0v) is 29.0. The number of aliphatic hydroxyl groups excluding tert-OH is 2. The van der Waals surface area contributed by atoms with Crippen LogP contribution in [0.1, 0.15) is 45.7 Å². The number of carbonyl (C=O) groups excluding carboxylic acids is 2. The maximum Gasteiger partial charge on any atom is 0.338 e. The van der Waals surface area contributed by atoms with Crippen molar-refractivity contribution in [3.05, 3.63) is 119 Å². The highest BCUT2D eigenvalue weighted by Gasteiger charge is 2.23. The highest BCUT2D eigenvalue weighted by molar-refractivity contribution is 5.90. The summed E-state index contributed by atoms with van der Waals surface area (Å²) in [6.07, 6.45) is -1.96. The molecule has 4 rings (SSSR count). The summed E-state index contributed by atoms with van der Waals surface area (Å²) in [5.41, 5.74) is 4.53. The van der Waals surface area contributed by atoms with Gasteiger partial charge in [0.15, 0.2) is 0 Å². The Morgan fingerprint density at radius 2 is 0.878 bits per heavy atom. The van der Waals surface area contributed by atoms with Crippen LogP contribution in [0.5, 0.6) is 11.5 Å². The second-order valence-electron chi connectivity index (χ2n) is 12.7. The molecule has 2 atom stereocenters. The number of hydrogen-bond donors (Lipinski definition) is 2. The number of hydrogen-bond acceptors (Lipinski definition) is 10. The van der Waals surface area contributed by atoms with Crippen molar-refractivity contribution < 1.29 is 38.7 Å². The lowest BCUT2D eigenvalue weighted by molar-refractivity contribution is 0.0127. The number of ether oxygens (including phenoxy) is 4. The third-order valence-corrected chi connectivity index (χ3v) is 8.09. The van der Waals surface area contributed by atoms with Crippen molar-refractivity contribution in [1.29, 1.82) is 0 Å². The summed E-state index contributed by atoms with van der Waals surface area (Å²) in [5.74, 6) is 0.154. The molecule has 4 aromatic rings. The van der Waals surface area contributed by atoms with Crippen LogP contribution in [0.3, 0.4) is 0 Å². The Labute approximate surface area is 288 Å². The fraction of sp³-hybridized carbons (Fsp3) is 0.333. The minimum Gasteiger partial charge on any atom is -0.491 e. The smallest absolute Gasteiger partial charge is 0.338 e. The first-order valence-electron chi connectivity index (χ1n) is 16.1. The molecule has 10 nitrogen and oxygen atoms in total. The molecule has 260 valence electrons. The molecule has 2 unspecified atom stereocenters. The molecular weight excluding hydrogens is 624 g/mol. The van der Waals surface area contributed by atoms with E-state index in [9.17, 15) is 19.8 Å². The third kappa shape index (κ3) is 10.5. The van der Waals surface area contributed by atoms with Gasteiger partial charge in [0.05, 0.1) is 11.1 Å². The molecule has 0 fully saturated rings. The molecular formula is C39H46N2O8. The van der Waals surface area contributed by atoms with Crippen molar-refractivity contribution in [2.45, 2.75) is 31.5 Å². The first-order chi connectivity index (χ1) is 23.3. The van der Waals surface area contributed by atoms with E-state index in [1.165, 1.54) is 0 Å². The van der Waals surface area contributed by atoms with Crippen molar-refractivity contribution in [2.24, 2.45) is 0 Å². The third-order valence-electron chi connectivity index (χ3n) is 8.09. The molecule has 0 aliphatic heterocycles. The molecule has 0 saturated carbocycles. The SMILES string of the molecule is CN(C)c1ccc(C(=O)OCC(O)COc2ccc(C(C)(C)c3ccc(OCC(O)COC(=O)c4ccc(N(C)C)cc4)cc3)cc2)cc1. The van der Waals surface area contributed by atoms with Crippen molar-refractivity contribution in [3.8, 4) is 11.5 Å². The van der Waals surface area contributed by atoms with Gasteiger partial charge in [0, 0.05) is 45.0 Å². The van der Waals surface area contributed by atoms with Gasteiger partial charge >= 0.3 is 11.9 Å². The fourth-order valence-corrected chi connectivity index (χ4v) is 4.89. The topological polar surface area (TPSA) is 118 Å². The minimum absolute atomic E-state index is 0.0287. The normalized spacial score (nSPS) is 12.4. The number of nitrogens with zero attached hydrogens (tertiary/aromatic N) is 2. The molecule has 0 amide bonds. The molecule has 10 heteroatoms. The van der Waals surface area contributed by atoms with E-state index >= 15 is 0 Å². The first kappa shape index (κ1) is 36.8. The molecule has 0 heterocycles. The van der Waals surface area contributed by atoms with Gasteiger partial charge < -0.3 is 39.0 Å². The van der Waals surface area contributed by atoms with Crippen LogP contribution in [0, 0.1) is 0 Å². The summed E-state index contributed by atoms with van der Waals surface area (Å²) in [7, 11) is 7.67. The quantitative estimate of drug-likeness (QED) is 0.151. The average molecular weight is 671 g/mol. The van der Waals surface area contributed by atoms with Crippen molar-refractivity contribution in [2.75, 3.05) is 64.4 Å². The molecule has 0 spiro atoms. The highest BCUT2D eigenvalue weighted by Crippen LogP contribution is 2.33. The van der Waals surface area contributed by atoms with Gasteiger partial charge in [-0.05, 0) is 83.9 Å². The second-order valence-corrected chi connectivity index (χ2v) is 12.7. The Balaban J connectivity index is 1.20. The summed E-state index contributed by atoms with van der Waals surface area (Å²) in [6, 6.07) is 29.3. The summed E-state index contributed by atoms with van der Waals surface area (Å²) in [5, 5.41) is 20.6. The number of anilines is 2. The molecule has 0 bridgehead atoms. The highest BCUT2D eigenvalue weighted by atomic mass is 16.6. The Kier molecular flexibility index (Phi) is 12.6. The summed E-state index contributed by atoms with van der Waals surface area (Å²) >= 11 is 0. The van der Waals surface area contributed by atoms with Crippen LogP contribution >= 0.6 is 0 Å². The molecule has 0 aliphatic rings. The Bertz CT molecular complexity index is 1510. The van der Waals surface area contributed by atoms with Crippen LogP contribution in [-0.4, -0.2) is 89.0 Å². The standard InChI is InChI=1S/C39H46N2O8/c1-39(2,29-11-19-35(20-12-29)46-23-33(42)25-48-37(44)27-7-15-31(16-8-27)40(3)4)30-13-21-36(22-14-30)47-24-34(43)26-49-38(45)28-9-17-32(18-10-28)41(5)6/h7-22,33-34,42-43H,23-26H2,1-6H3. The predicted molar refractivity (Wildman–Crippen MR) is 190 cm³/mol. The van der Waals surface area contributed by atoms with Gasteiger partial charge in [0.25, 0.3) is 0 Å². The summed E-state index contributed by atoms with van der Waals surface area (Å²) < 4.78 is 22.0. The number of aliphatic hydroxyl groups is 2. The predicted octanol–water partition coefficient (Wildman–Crippen LogP) is 5.34. The Morgan fingerprint density at radius 1 is 0.551 bits per heavy atom. The van der Waals surface area contributed by atoms with Gasteiger partial charge in [-0.25, -0.2) is 9.59 Å². The van der Waals surface area contributed by atoms with Crippen LogP contribution in [0.25, 0.3) is 0 Å². The molecule has 0 saturated heterocycles. The van der Waals surface area contributed by atoms with Crippen LogP contribution in [0.2, 0.25) is 0 Å². The van der Waals surface area contributed by atoms with Gasteiger partial charge in [0.1, 0.15) is 50.1 Å². The Hall–Kier alpha value is -5.06. The van der Waals surface area contributed by atoms with Gasteiger partial charge in [-0.1, -0.05) is 38.1 Å². The zero-order valence-electron chi connectivity index (χ0n) is 29.0. The maximum atomic E-state index is 12.3. The maximum absolute atomic E-state index is 12.3. The largest absolute Gasteiger partial charge is 0.491 e. The fourth-order valence-electron chi connectivity index (χ4n) is 4.89. The summed E-state index contributed by atoms with van der Waals surface area (Å²) in [6.45, 7) is 3.79. The van der Waals surface area contributed by atoms with Crippen LogP contribution in [0.15, 0.2) is 97.1 Å². The van der Waals surface area contributed by atoms with E-state index in [0.29, 0.717) is 22.6 Å². The van der Waals surface area contributed by atoms with Crippen molar-refractivity contribution >= 4 is 23.3 Å². The number of rotatable bonds is 16. The number of carbonyl (C=O) groups is 2. The van der Waals surface area contributed by atoms with Crippen LogP contribution in [0.4, 0.5) is 11.4 Å². The zero-order chi connectivity index (χ0) is 35.6. The van der Waals surface area contributed by atoms with Crippen LogP contribution < -0.4 is 19.3 Å². The molecule has 49 heavy (non-hydrogen) atoms. The molecule has 4 aromatic carbocycles. The van der Waals surface area contributed by atoms with E-state index in [2.05, 4.69) is 13.8 Å². The van der Waals surface area contributed by atoms with Gasteiger partial charge in [0.2, 0.25) is 0 Å². The lowest BCUT2D eigenvalue weighted by Gasteiger charge is -2.26. The number of esters is 2. The van der Waals surface area contributed by atoms with Gasteiger partial charge in [-0.3, -0.25) is 0 Å². The van der Waals surface area contributed by atoms with Gasteiger partial charge in [-0.15, -0.1) is 0 Å². The van der Waals surface area contributed by atoms with Gasteiger partial charge in [-0.2, -0.15) is 0 Å². The summed E-state index contributed by atoms with van der Waals surface area (Å²) in [4.78, 5) is 28.5. The lowest BCUT2D eigenvalue weighted by atomic mass is 9.78. The molecule has 0 aromatic heterocycles. The first-order valence-corrected chi connectivity index (χ1v) is 16.1. The van der Waals surface area contributed by atoms with E-state index in [-0.39, 0.29) is 31.8 Å². The van der Waals surface area contributed by atoms with Crippen molar-refractivity contribution in [1.82, 2.24) is 0 Å². The molecule has 2 N–H and O–H groups in total. The lowest BCUT2D eigenvalue weighted by Crippen LogP contribution is -2.25. The second kappa shape index (κ2) is 16.9. The van der Waals surface area contributed by atoms with E-state index in [1.807, 2.05) is 111 Å². The Morgan fingerprint density at radius 3 is 1.18 bits per heavy atom.